The van der Waals surface area contributed by atoms with Crippen LogP contribution in [0, 0.1) is 11.7 Å². The van der Waals surface area contributed by atoms with Crippen molar-refractivity contribution >= 4 is 11.6 Å². The molecule has 0 saturated heterocycles. The molecule has 0 amide bonds. The van der Waals surface area contributed by atoms with Crippen molar-refractivity contribution in [1.29, 1.82) is 0 Å². The van der Waals surface area contributed by atoms with Crippen LogP contribution >= 0.6 is 11.6 Å². The minimum atomic E-state index is -0.348. The monoisotopic (exact) mass is 271 g/mol. The van der Waals surface area contributed by atoms with Crippen LogP contribution in [0.3, 0.4) is 0 Å². The Balaban J connectivity index is 1.91. The van der Waals surface area contributed by atoms with E-state index in [0.717, 1.165) is 31.7 Å². The van der Waals surface area contributed by atoms with Crippen molar-refractivity contribution in [2.24, 2.45) is 5.92 Å². The topological polar surface area (TPSA) is 21.3 Å². The van der Waals surface area contributed by atoms with Gasteiger partial charge in [-0.1, -0.05) is 24.6 Å². The molecule has 0 aliphatic heterocycles. The third-order valence-corrected chi connectivity index (χ3v) is 4.15. The molecule has 1 aromatic rings. The molecule has 18 heavy (non-hydrogen) atoms. The molecule has 1 aromatic carbocycles. The fourth-order valence-electron chi connectivity index (χ4n) is 2.41. The van der Waals surface area contributed by atoms with Gasteiger partial charge in [0.2, 0.25) is 0 Å². The summed E-state index contributed by atoms with van der Waals surface area (Å²) in [6.07, 6.45) is 1.12. The number of methoxy groups -OCH3 is 1. The molecular weight excluding hydrogens is 253 g/mol. The Kier molecular flexibility index (Phi) is 4.25. The Labute approximate surface area is 112 Å². The predicted molar refractivity (Wildman–Crippen MR) is 71.6 cm³/mol. The van der Waals surface area contributed by atoms with Gasteiger partial charge in [-0.05, 0) is 42.0 Å². The molecule has 0 bridgehead atoms. The summed E-state index contributed by atoms with van der Waals surface area (Å²) in [5.74, 6) is 0.246. The van der Waals surface area contributed by atoms with Crippen molar-refractivity contribution < 1.29 is 9.13 Å². The smallest absolute Gasteiger partial charge is 0.141 e. The first-order chi connectivity index (χ1) is 8.58. The van der Waals surface area contributed by atoms with Crippen LogP contribution in [0.15, 0.2) is 18.2 Å². The number of halogens is 2. The van der Waals surface area contributed by atoms with Crippen LogP contribution in [0.2, 0.25) is 5.02 Å². The highest BCUT2D eigenvalue weighted by atomic mass is 35.5. The minimum absolute atomic E-state index is 0.136. The third kappa shape index (κ3) is 2.85. The number of hydrogen-bond acceptors (Lipinski definition) is 2. The second-order valence-electron chi connectivity index (χ2n) is 5.14. The number of hydrogen-bond donors (Lipinski definition) is 1. The van der Waals surface area contributed by atoms with Gasteiger partial charge in [0.1, 0.15) is 5.82 Å². The average Bonchev–Trinajstić information content (AvgIpc) is 3.01. The fourth-order valence-corrected chi connectivity index (χ4v) is 2.59. The van der Waals surface area contributed by atoms with Crippen LogP contribution in [0.1, 0.15) is 18.9 Å². The molecule has 0 aromatic heterocycles. The number of ether oxygens (including phenoxy) is 1. The summed E-state index contributed by atoms with van der Waals surface area (Å²) in [4.78, 5) is 0. The first-order valence-electron chi connectivity index (χ1n) is 6.23. The molecule has 0 radical (unpaired) electrons. The summed E-state index contributed by atoms with van der Waals surface area (Å²) in [6, 6.07) is 5.05. The molecule has 100 valence electrons. The highest BCUT2D eigenvalue weighted by Gasteiger charge is 2.50. The summed E-state index contributed by atoms with van der Waals surface area (Å²) in [7, 11) is 1.70. The van der Waals surface area contributed by atoms with E-state index in [4.69, 9.17) is 16.3 Å². The van der Waals surface area contributed by atoms with Crippen LogP contribution in [0.4, 0.5) is 4.39 Å². The van der Waals surface area contributed by atoms with Gasteiger partial charge in [-0.15, -0.1) is 0 Å². The minimum Gasteiger partial charge on any atom is -0.383 e. The number of rotatable bonds is 6. The van der Waals surface area contributed by atoms with Crippen molar-refractivity contribution in [3.05, 3.63) is 34.6 Å². The second kappa shape index (κ2) is 5.55. The van der Waals surface area contributed by atoms with Gasteiger partial charge in [-0.2, -0.15) is 0 Å². The van der Waals surface area contributed by atoms with Crippen LogP contribution in [0.5, 0.6) is 0 Å². The molecule has 1 saturated carbocycles. The van der Waals surface area contributed by atoms with Gasteiger partial charge in [-0.3, -0.25) is 0 Å². The van der Waals surface area contributed by atoms with Crippen LogP contribution < -0.4 is 5.32 Å². The van der Waals surface area contributed by atoms with E-state index in [2.05, 4.69) is 12.2 Å². The Morgan fingerprint density at radius 2 is 2.33 bits per heavy atom. The average molecular weight is 272 g/mol. The zero-order valence-corrected chi connectivity index (χ0v) is 11.6. The van der Waals surface area contributed by atoms with Gasteiger partial charge in [-0.25, -0.2) is 4.39 Å². The second-order valence-corrected chi connectivity index (χ2v) is 5.55. The summed E-state index contributed by atoms with van der Waals surface area (Å²) in [5, 5.41) is 3.58. The SMILES string of the molecule is COCCNCC1CC1(C)c1ccc(F)c(Cl)c1. The largest absolute Gasteiger partial charge is 0.383 e. The molecule has 0 heterocycles. The van der Waals surface area contributed by atoms with E-state index in [1.54, 1.807) is 13.2 Å². The van der Waals surface area contributed by atoms with Crippen LogP contribution in [-0.2, 0) is 10.2 Å². The van der Waals surface area contributed by atoms with E-state index in [1.165, 1.54) is 6.07 Å². The van der Waals surface area contributed by atoms with Gasteiger partial charge in [0.15, 0.2) is 0 Å². The van der Waals surface area contributed by atoms with Crippen molar-refractivity contribution in [3.8, 4) is 0 Å². The lowest BCUT2D eigenvalue weighted by Gasteiger charge is -2.13. The molecule has 2 unspecified atom stereocenters. The van der Waals surface area contributed by atoms with Gasteiger partial charge in [0, 0.05) is 13.7 Å². The standard InChI is InChI=1S/C14H19ClFNO/c1-14(8-11(14)9-17-5-6-18-2)10-3-4-13(16)12(15)7-10/h3-4,7,11,17H,5-6,8-9H2,1-2H3. The Bertz CT molecular complexity index is 426. The van der Waals surface area contributed by atoms with Crippen molar-refractivity contribution in [3.63, 3.8) is 0 Å². The van der Waals surface area contributed by atoms with E-state index in [9.17, 15) is 4.39 Å². The van der Waals surface area contributed by atoms with E-state index in [1.807, 2.05) is 6.07 Å². The predicted octanol–water partition coefficient (Wildman–Crippen LogP) is 2.99. The van der Waals surface area contributed by atoms with E-state index >= 15 is 0 Å². The highest BCUT2D eigenvalue weighted by Crippen LogP contribution is 2.53. The lowest BCUT2D eigenvalue weighted by atomic mass is 9.95. The van der Waals surface area contributed by atoms with Crippen molar-refractivity contribution in [2.45, 2.75) is 18.8 Å². The van der Waals surface area contributed by atoms with E-state index < -0.39 is 0 Å². The van der Waals surface area contributed by atoms with Crippen LogP contribution in [0.25, 0.3) is 0 Å². The highest BCUT2D eigenvalue weighted by molar-refractivity contribution is 6.30. The molecule has 4 heteroatoms. The fraction of sp³-hybridized carbons (Fsp3) is 0.571. The third-order valence-electron chi connectivity index (χ3n) is 3.86. The molecule has 1 aliphatic carbocycles. The quantitative estimate of drug-likeness (QED) is 0.803. The Hall–Kier alpha value is -0.640. The normalized spacial score (nSPS) is 26.3. The molecule has 2 rings (SSSR count). The van der Waals surface area contributed by atoms with Crippen molar-refractivity contribution in [2.75, 3.05) is 26.8 Å². The van der Waals surface area contributed by atoms with Gasteiger partial charge >= 0.3 is 0 Å². The molecule has 1 fully saturated rings. The zero-order valence-electron chi connectivity index (χ0n) is 10.8. The van der Waals surface area contributed by atoms with Gasteiger partial charge < -0.3 is 10.1 Å². The summed E-state index contributed by atoms with van der Waals surface area (Å²) >= 11 is 5.83. The maximum Gasteiger partial charge on any atom is 0.141 e. The van der Waals surface area contributed by atoms with E-state index in [-0.39, 0.29) is 16.3 Å². The molecule has 1 N–H and O–H groups in total. The Morgan fingerprint density at radius 1 is 1.56 bits per heavy atom. The molecule has 1 aliphatic rings. The summed E-state index contributed by atoms with van der Waals surface area (Å²) in [5.41, 5.74) is 1.27. The zero-order chi connectivity index (χ0) is 13.2. The maximum absolute atomic E-state index is 13.1. The summed E-state index contributed by atoms with van der Waals surface area (Å²) in [6.45, 7) is 4.77. The summed E-state index contributed by atoms with van der Waals surface area (Å²) < 4.78 is 18.1. The molecule has 2 nitrogen and oxygen atoms in total. The molecule has 2 atom stereocenters. The van der Waals surface area contributed by atoms with Crippen molar-refractivity contribution in [1.82, 2.24) is 5.32 Å². The first kappa shape index (κ1) is 13.8. The van der Waals surface area contributed by atoms with Crippen LogP contribution in [-0.4, -0.2) is 26.8 Å². The number of benzene rings is 1. The lowest BCUT2D eigenvalue weighted by molar-refractivity contribution is 0.199. The molecule has 0 spiro atoms. The van der Waals surface area contributed by atoms with E-state index in [0.29, 0.717) is 5.92 Å². The Morgan fingerprint density at radius 3 is 3.00 bits per heavy atom. The van der Waals surface area contributed by atoms with Gasteiger partial charge in [0.25, 0.3) is 0 Å². The van der Waals surface area contributed by atoms with Gasteiger partial charge in [0.05, 0.1) is 11.6 Å². The maximum atomic E-state index is 13.1. The first-order valence-corrected chi connectivity index (χ1v) is 6.61. The molecular formula is C14H19ClFNO. The number of nitrogens with one attached hydrogen (secondary N) is 1. The lowest BCUT2D eigenvalue weighted by Crippen LogP contribution is -2.23.